The Morgan fingerprint density at radius 1 is 1.12 bits per heavy atom. The van der Waals surface area contributed by atoms with Crippen LogP contribution >= 0.6 is 7.37 Å². The molecule has 1 heterocycles. The monoisotopic (exact) mass is 463 g/mol. The highest BCUT2D eigenvalue weighted by atomic mass is 31.2. The van der Waals surface area contributed by atoms with E-state index in [2.05, 4.69) is 0 Å². The van der Waals surface area contributed by atoms with Crippen molar-refractivity contribution in [2.45, 2.75) is 13.8 Å². The molecule has 1 unspecified atom stereocenters. The van der Waals surface area contributed by atoms with Crippen molar-refractivity contribution in [1.82, 2.24) is 4.90 Å². The molecule has 172 valence electrons. The van der Waals surface area contributed by atoms with E-state index in [-0.39, 0.29) is 52.6 Å². The van der Waals surface area contributed by atoms with Gasteiger partial charge in [0.05, 0.1) is 0 Å². The van der Waals surface area contributed by atoms with E-state index in [4.69, 9.17) is 13.7 Å². The molecule has 0 radical (unpaired) electrons. The highest BCUT2D eigenvalue weighted by molar-refractivity contribution is 7.57. The summed E-state index contributed by atoms with van der Waals surface area (Å²) in [6, 6.07) is 7.05. The number of fused-ring (bicyclic) bond motifs is 1. The van der Waals surface area contributed by atoms with Gasteiger partial charge in [-0.15, -0.1) is 0 Å². The molecule has 0 spiro atoms. The van der Waals surface area contributed by atoms with Crippen LogP contribution in [0.1, 0.15) is 12.5 Å². The van der Waals surface area contributed by atoms with Gasteiger partial charge in [0.15, 0.2) is 23.6 Å². The molecule has 3 rings (SSSR count). The molecule has 2 aromatic carbocycles. The quantitative estimate of drug-likeness (QED) is 0.334. The predicted molar refractivity (Wildman–Crippen MR) is 121 cm³/mol. The summed E-state index contributed by atoms with van der Waals surface area (Å²) in [4.78, 5) is 14.4. The first-order valence-corrected chi connectivity index (χ1v) is 12.1. The Kier molecular flexibility index (Phi) is 6.83. The van der Waals surface area contributed by atoms with Crippen LogP contribution in [0.2, 0.25) is 0 Å². The van der Waals surface area contributed by atoms with Crippen LogP contribution in [0.3, 0.4) is 0 Å². The molecule has 9 nitrogen and oxygen atoms in total. The molecule has 10 heteroatoms. The Hall–Kier alpha value is -3.00. The minimum Gasteiger partial charge on any atom is -0.507 e. The molecule has 3 N–H and O–H groups in total. The number of aromatic hydroxyl groups is 3. The van der Waals surface area contributed by atoms with Crippen molar-refractivity contribution in [2.75, 3.05) is 33.3 Å². The van der Waals surface area contributed by atoms with Gasteiger partial charge in [-0.1, -0.05) is 6.92 Å². The van der Waals surface area contributed by atoms with Gasteiger partial charge in [0.1, 0.15) is 23.4 Å². The summed E-state index contributed by atoms with van der Waals surface area (Å²) in [5, 5.41) is 30.5. The Balaban J connectivity index is 1.94. The number of rotatable bonds is 8. The summed E-state index contributed by atoms with van der Waals surface area (Å²) in [5.41, 5.74) is 0.216. The molecule has 0 aliphatic rings. The Labute approximate surface area is 184 Å². The lowest BCUT2D eigenvalue weighted by molar-refractivity contribution is 0.156. The van der Waals surface area contributed by atoms with Crippen LogP contribution in [0.4, 0.5) is 0 Å². The Morgan fingerprint density at radius 3 is 2.53 bits per heavy atom. The third kappa shape index (κ3) is 5.07. The topological polar surface area (TPSA) is 130 Å². The SMILES string of the molecule is CCN(C)COP(C)(=O)COc1cc(-c2oc3cc(C)cc(O)c3c(=O)c2O)ccc1O. The van der Waals surface area contributed by atoms with Crippen molar-refractivity contribution >= 4 is 18.3 Å². The highest BCUT2D eigenvalue weighted by Gasteiger charge is 2.22. The van der Waals surface area contributed by atoms with Gasteiger partial charge >= 0.3 is 0 Å². The van der Waals surface area contributed by atoms with Crippen LogP contribution in [0.5, 0.6) is 23.0 Å². The maximum atomic E-state index is 12.6. The lowest BCUT2D eigenvalue weighted by Crippen LogP contribution is -2.21. The second kappa shape index (κ2) is 9.24. The summed E-state index contributed by atoms with van der Waals surface area (Å²) in [6.45, 7) is 5.98. The molecule has 0 aliphatic heterocycles. The molecule has 0 fully saturated rings. The van der Waals surface area contributed by atoms with Crippen LogP contribution in [-0.2, 0) is 9.09 Å². The van der Waals surface area contributed by atoms with Gasteiger partial charge < -0.3 is 29.0 Å². The first kappa shape index (κ1) is 23.7. The van der Waals surface area contributed by atoms with Crippen LogP contribution < -0.4 is 10.2 Å². The van der Waals surface area contributed by atoms with Crippen LogP contribution in [0.15, 0.2) is 39.5 Å². The van der Waals surface area contributed by atoms with Crippen molar-refractivity contribution in [3.8, 4) is 34.3 Å². The number of aryl methyl sites for hydroxylation is 1. The van der Waals surface area contributed by atoms with E-state index in [9.17, 15) is 24.7 Å². The number of hydrogen-bond donors (Lipinski definition) is 3. The number of phenols is 2. The molecule has 1 atom stereocenters. The predicted octanol–water partition coefficient (Wildman–Crippen LogP) is 4.06. The molecular weight excluding hydrogens is 437 g/mol. The molecule has 1 aromatic heterocycles. The number of ether oxygens (including phenoxy) is 1. The minimum absolute atomic E-state index is 0.0220. The zero-order valence-corrected chi connectivity index (χ0v) is 19.2. The number of hydrogen-bond acceptors (Lipinski definition) is 9. The zero-order chi connectivity index (χ0) is 23.6. The van der Waals surface area contributed by atoms with Gasteiger partial charge in [-0.05, 0) is 56.4 Å². The summed E-state index contributed by atoms with van der Waals surface area (Å²) >= 11 is 0. The summed E-state index contributed by atoms with van der Waals surface area (Å²) in [7, 11) is -1.30. The van der Waals surface area contributed by atoms with Gasteiger partial charge in [-0.3, -0.25) is 14.3 Å². The number of nitrogens with zero attached hydrogens (tertiary/aromatic N) is 1. The van der Waals surface area contributed by atoms with E-state index in [0.717, 1.165) is 6.54 Å². The first-order valence-electron chi connectivity index (χ1n) is 9.87. The fourth-order valence-electron chi connectivity index (χ4n) is 2.93. The minimum atomic E-state index is -3.12. The standard InChI is InChI=1S/C22H26NO8P/c1-5-23(3)11-30-32(4,28)12-29-17-10-14(6-7-15(17)24)22-21(27)20(26)19-16(25)8-13(2)9-18(19)31-22/h6-10,24-25,27H,5,11-12H2,1-4H3. The molecular formula is C22H26NO8P. The summed E-state index contributed by atoms with van der Waals surface area (Å²) in [5.74, 6) is -1.39. The average molecular weight is 463 g/mol. The van der Waals surface area contributed by atoms with Crippen molar-refractivity contribution < 1.29 is 33.6 Å². The maximum absolute atomic E-state index is 12.6. The van der Waals surface area contributed by atoms with Crippen molar-refractivity contribution in [3.05, 3.63) is 46.1 Å². The van der Waals surface area contributed by atoms with Crippen molar-refractivity contribution in [1.29, 1.82) is 0 Å². The number of benzene rings is 2. The Morgan fingerprint density at radius 2 is 1.84 bits per heavy atom. The van der Waals surface area contributed by atoms with Gasteiger partial charge in [-0.2, -0.15) is 0 Å². The number of phenolic OH excluding ortho intramolecular Hbond substituents is 2. The van der Waals surface area contributed by atoms with E-state index in [1.165, 1.54) is 30.9 Å². The van der Waals surface area contributed by atoms with E-state index in [1.54, 1.807) is 13.0 Å². The molecule has 0 bridgehead atoms. The second-order valence-corrected chi connectivity index (χ2v) is 10.2. The average Bonchev–Trinajstić information content (AvgIpc) is 2.73. The largest absolute Gasteiger partial charge is 0.507 e. The molecule has 32 heavy (non-hydrogen) atoms. The fourth-order valence-corrected chi connectivity index (χ4v) is 3.82. The molecule has 0 saturated heterocycles. The zero-order valence-electron chi connectivity index (χ0n) is 18.3. The maximum Gasteiger partial charge on any atom is 0.238 e. The van der Waals surface area contributed by atoms with Gasteiger partial charge in [-0.25, -0.2) is 0 Å². The van der Waals surface area contributed by atoms with Crippen molar-refractivity contribution in [3.63, 3.8) is 0 Å². The van der Waals surface area contributed by atoms with Crippen molar-refractivity contribution in [2.24, 2.45) is 0 Å². The smallest absolute Gasteiger partial charge is 0.238 e. The third-order valence-electron chi connectivity index (χ3n) is 4.86. The molecule has 0 aliphatic carbocycles. The van der Waals surface area contributed by atoms with Crippen LogP contribution in [0.25, 0.3) is 22.3 Å². The van der Waals surface area contributed by atoms with E-state index < -0.39 is 18.5 Å². The van der Waals surface area contributed by atoms with E-state index in [1.807, 2.05) is 18.9 Å². The fraction of sp³-hybridized carbons (Fsp3) is 0.318. The normalized spacial score (nSPS) is 13.4. The molecule has 3 aromatic rings. The van der Waals surface area contributed by atoms with Gasteiger partial charge in [0, 0.05) is 12.2 Å². The lowest BCUT2D eigenvalue weighted by Gasteiger charge is -2.19. The molecule has 0 amide bonds. The van der Waals surface area contributed by atoms with Crippen LogP contribution in [0, 0.1) is 6.92 Å². The lowest BCUT2D eigenvalue weighted by atomic mass is 10.1. The second-order valence-electron chi connectivity index (χ2n) is 7.67. The van der Waals surface area contributed by atoms with Crippen LogP contribution in [-0.4, -0.2) is 53.6 Å². The first-order chi connectivity index (χ1) is 15.0. The van der Waals surface area contributed by atoms with E-state index >= 15 is 0 Å². The van der Waals surface area contributed by atoms with E-state index in [0.29, 0.717) is 5.56 Å². The molecule has 0 saturated carbocycles. The summed E-state index contributed by atoms with van der Waals surface area (Å²) < 4.78 is 29.3. The van der Waals surface area contributed by atoms with Gasteiger partial charge in [0.2, 0.25) is 18.5 Å². The summed E-state index contributed by atoms with van der Waals surface area (Å²) in [6.07, 6.45) is -0.289. The third-order valence-corrected chi connectivity index (χ3v) is 6.12. The van der Waals surface area contributed by atoms with Gasteiger partial charge in [0.25, 0.3) is 0 Å². The highest BCUT2D eigenvalue weighted by Crippen LogP contribution is 2.44. The Bertz CT molecular complexity index is 1250.